The number of hydrogen-bond donors (Lipinski definition) is 2. The molecule has 9 heteroatoms. The lowest BCUT2D eigenvalue weighted by molar-refractivity contribution is -0.137. The molecule has 0 aliphatic carbocycles. The normalized spacial score (nSPS) is 15.5. The van der Waals surface area contributed by atoms with Gasteiger partial charge >= 0.3 is 6.18 Å². The summed E-state index contributed by atoms with van der Waals surface area (Å²) >= 11 is 0. The number of anilines is 1. The Kier molecular flexibility index (Phi) is 6.07. The lowest BCUT2D eigenvalue weighted by Gasteiger charge is -2.36. The fourth-order valence-electron chi connectivity index (χ4n) is 4.42. The number of alkyl halides is 3. The lowest BCUT2D eigenvalue weighted by Crippen LogP contribution is -2.56. The number of H-pyrrole nitrogens is 1. The number of halogens is 3. The van der Waals surface area contributed by atoms with E-state index < -0.39 is 29.6 Å². The van der Waals surface area contributed by atoms with Crippen molar-refractivity contribution in [3.05, 3.63) is 95.7 Å². The predicted octanol–water partition coefficient (Wildman–Crippen LogP) is 5.86. The lowest BCUT2D eigenvalue weighted by atomic mass is 9.95. The predicted molar refractivity (Wildman–Crippen MR) is 136 cm³/mol. The standard InChI is InChI=1S/C28H23F3N4O2/c1-16(2)32-26(36)25-24(17-11-13-19(14-12-17)28(29,30)31)34-21-9-5-6-10-23(21)35(25)27(37)22-15-18-7-3-4-8-20(18)33-22/h3-16,25,33H,1-2H3,(H,32,36). The van der Waals surface area contributed by atoms with E-state index in [1.165, 1.54) is 17.0 Å². The van der Waals surface area contributed by atoms with Gasteiger partial charge in [-0.05, 0) is 55.8 Å². The third kappa shape index (κ3) is 4.60. The Bertz CT molecular complexity index is 1490. The van der Waals surface area contributed by atoms with E-state index in [0.717, 1.165) is 23.0 Å². The molecule has 0 radical (unpaired) electrons. The minimum absolute atomic E-state index is 0.176. The molecule has 0 saturated heterocycles. The zero-order valence-corrected chi connectivity index (χ0v) is 20.0. The first-order valence-corrected chi connectivity index (χ1v) is 11.7. The molecule has 4 aromatic rings. The number of fused-ring (bicyclic) bond motifs is 2. The van der Waals surface area contributed by atoms with Crippen LogP contribution in [0.3, 0.4) is 0 Å². The summed E-state index contributed by atoms with van der Waals surface area (Å²) in [5.41, 5.74) is 1.54. The summed E-state index contributed by atoms with van der Waals surface area (Å²) in [7, 11) is 0. The highest BCUT2D eigenvalue weighted by molar-refractivity contribution is 6.27. The van der Waals surface area contributed by atoms with Crippen LogP contribution in [-0.2, 0) is 11.0 Å². The molecule has 0 fully saturated rings. The van der Waals surface area contributed by atoms with Gasteiger partial charge in [-0.3, -0.25) is 14.5 Å². The van der Waals surface area contributed by atoms with Gasteiger partial charge in [0.15, 0.2) is 6.04 Å². The van der Waals surface area contributed by atoms with E-state index in [0.29, 0.717) is 16.9 Å². The Morgan fingerprint density at radius 3 is 2.32 bits per heavy atom. The van der Waals surface area contributed by atoms with Crippen LogP contribution in [0.2, 0.25) is 0 Å². The number of carbonyl (C=O) groups excluding carboxylic acids is 2. The number of para-hydroxylation sites is 3. The SMILES string of the molecule is CC(C)NC(=O)C1C(c2ccc(C(F)(F)F)cc2)=Nc2ccccc2N1C(=O)c1cc2ccccc2[nH]1. The number of rotatable bonds is 4. The van der Waals surface area contributed by atoms with Crippen LogP contribution in [0.25, 0.3) is 10.9 Å². The molecule has 1 unspecified atom stereocenters. The first kappa shape index (κ1) is 24.3. The second kappa shape index (κ2) is 9.24. The second-order valence-electron chi connectivity index (χ2n) is 9.07. The number of aromatic nitrogens is 1. The molecular formula is C28H23F3N4O2. The van der Waals surface area contributed by atoms with Crippen LogP contribution in [0.5, 0.6) is 0 Å². The molecule has 5 rings (SSSR count). The van der Waals surface area contributed by atoms with Gasteiger partial charge < -0.3 is 10.3 Å². The molecule has 1 aliphatic heterocycles. The van der Waals surface area contributed by atoms with E-state index in [1.54, 1.807) is 44.2 Å². The Hall–Kier alpha value is -4.40. The minimum atomic E-state index is -4.51. The van der Waals surface area contributed by atoms with Crippen molar-refractivity contribution in [2.45, 2.75) is 32.1 Å². The zero-order valence-electron chi connectivity index (χ0n) is 20.0. The van der Waals surface area contributed by atoms with Crippen molar-refractivity contribution in [2.75, 3.05) is 4.90 Å². The highest BCUT2D eigenvalue weighted by Gasteiger charge is 2.41. The summed E-state index contributed by atoms with van der Waals surface area (Å²) in [5.74, 6) is -0.959. The van der Waals surface area contributed by atoms with Gasteiger partial charge in [0.1, 0.15) is 5.69 Å². The maximum Gasteiger partial charge on any atom is 0.416 e. The zero-order chi connectivity index (χ0) is 26.3. The number of aromatic amines is 1. The van der Waals surface area contributed by atoms with E-state index in [2.05, 4.69) is 15.3 Å². The fourth-order valence-corrected chi connectivity index (χ4v) is 4.42. The van der Waals surface area contributed by atoms with E-state index in [-0.39, 0.29) is 17.4 Å². The van der Waals surface area contributed by atoms with E-state index in [1.807, 2.05) is 24.3 Å². The highest BCUT2D eigenvalue weighted by Crippen LogP contribution is 2.38. The molecule has 0 bridgehead atoms. The fraction of sp³-hybridized carbons (Fsp3) is 0.179. The van der Waals surface area contributed by atoms with Crippen molar-refractivity contribution < 1.29 is 22.8 Å². The number of nitrogens with one attached hydrogen (secondary N) is 2. The summed E-state index contributed by atoms with van der Waals surface area (Å²) in [4.78, 5) is 36.7. The molecule has 2 N–H and O–H groups in total. The van der Waals surface area contributed by atoms with Gasteiger partial charge in [-0.2, -0.15) is 13.2 Å². The number of aliphatic imine (C=N–C) groups is 1. The molecule has 1 atom stereocenters. The Balaban J connectivity index is 1.67. The van der Waals surface area contributed by atoms with Gasteiger partial charge in [0.25, 0.3) is 5.91 Å². The second-order valence-corrected chi connectivity index (χ2v) is 9.07. The molecule has 188 valence electrons. The molecule has 1 aromatic heterocycles. The average molecular weight is 505 g/mol. The largest absolute Gasteiger partial charge is 0.416 e. The third-order valence-electron chi connectivity index (χ3n) is 6.07. The number of amides is 2. The van der Waals surface area contributed by atoms with Gasteiger partial charge in [0.05, 0.1) is 22.6 Å². The highest BCUT2D eigenvalue weighted by atomic mass is 19.4. The van der Waals surface area contributed by atoms with Gasteiger partial charge in [-0.1, -0.05) is 42.5 Å². The third-order valence-corrected chi connectivity index (χ3v) is 6.07. The topological polar surface area (TPSA) is 77.6 Å². The molecule has 2 heterocycles. The smallest absolute Gasteiger partial charge is 0.352 e. The summed E-state index contributed by atoms with van der Waals surface area (Å²) in [6.07, 6.45) is -4.51. The van der Waals surface area contributed by atoms with Crippen molar-refractivity contribution in [1.82, 2.24) is 10.3 Å². The number of benzene rings is 3. The first-order valence-electron chi connectivity index (χ1n) is 11.7. The van der Waals surface area contributed by atoms with Crippen molar-refractivity contribution in [3.63, 3.8) is 0 Å². The number of carbonyl (C=O) groups is 2. The van der Waals surface area contributed by atoms with Crippen molar-refractivity contribution in [1.29, 1.82) is 0 Å². The van der Waals surface area contributed by atoms with Crippen LogP contribution in [0.15, 0.2) is 83.9 Å². The molecule has 1 aliphatic rings. The summed E-state index contributed by atoms with van der Waals surface area (Å²) in [5, 5.41) is 3.67. The molecule has 6 nitrogen and oxygen atoms in total. The molecule has 0 saturated carbocycles. The summed E-state index contributed by atoms with van der Waals surface area (Å²) in [6.45, 7) is 3.57. The Labute approximate surface area is 210 Å². The average Bonchev–Trinajstić information content (AvgIpc) is 3.31. The van der Waals surface area contributed by atoms with Crippen LogP contribution < -0.4 is 10.2 Å². The van der Waals surface area contributed by atoms with Gasteiger partial charge in [-0.25, -0.2) is 4.99 Å². The summed E-state index contributed by atoms with van der Waals surface area (Å²) in [6, 6.07) is 19.0. The Morgan fingerprint density at radius 2 is 1.65 bits per heavy atom. The van der Waals surface area contributed by atoms with E-state index in [4.69, 9.17) is 0 Å². The minimum Gasteiger partial charge on any atom is -0.352 e. The summed E-state index contributed by atoms with van der Waals surface area (Å²) < 4.78 is 39.6. The maximum atomic E-state index is 14.0. The van der Waals surface area contributed by atoms with Gasteiger partial charge in [0.2, 0.25) is 5.91 Å². The monoisotopic (exact) mass is 504 g/mol. The quantitative estimate of drug-likeness (QED) is 0.365. The number of nitrogens with zero attached hydrogens (tertiary/aromatic N) is 2. The van der Waals surface area contributed by atoms with Crippen LogP contribution >= 0.6 is 0 Å². The van der Waals surface area contributed by atoms with Crippen LogP contribution in [0.1, 0.15) is 35.5 Å². The molecular weight excluding hydrogens is 481 g/mol. The van der Waals surface area contributed by atoms with Crippen molar-refractivity contribution in [2.24, 2.45) is 4.99 Å². The van der Waals surface area contributed by atoms with Crippen LogP contribution in [0, 0.1) is 0 Å². The van der Waals surface area contributed by atoms with Gasteiger partial charge in [-0.15, -0.1) is 0 Å². The molecule has 0 spiro atoms. The van der Waals surface area contributed by atoms with Crippen LogP contribution in [-0.4, -0.2) is 34.6 Å². The Morgan fingerprint density at radius 1 is 0.973 bits per heavy atom. The first-order chi connectivity index (χ1) is 17.6. The number of hydrogen-bond acceptors (Lipinski definition) is 3. The van der Waals surface area contributed by atoms with E-state index >= 15 is 0 Å². The molecule has 37 heavy (non-hydrogen) atoms. The molecule has 3 aromatic carbocycles. The maximum absolute atomic E-state index is 14.0. The molecule has 2 amide bonds. The van der Waals surface area contributed by atoms with E-state index in [9.17, 15) is 22.8 Å². The van der Waals surface area contributed by atoms with Crippen molar-refractivity contribution >= 4 is 39.8 Å². The van der Waals surface area contributed by atoms with Gasteiger partial charge in [0, 0.05) is 16.9 Å². The van der Waals surface area contributed by atoms with Crippen LogP contribution in [0.4, 0.5) is 24.5 Å². The van der Waals surface area contributed by atoms with Crippen molar-refractivity contribution in [3.8, 4) is 0 Å².